The zero-order valence-corrected chi connectivity index (χ0v) is 13.2. The lowest BCUT2D eigenvalue weighted by atomic mass is 9.89. The first-order valence-corrected chi connectivity index (χ1v) is 8.24. The molecule has 0 saturated carbocycles. The molecule has 2 atom stereocenters. The van der Waals surface area contributed by atoms with Crippen LogP contribution in [0, 0.1) is 5.92 Å². The second-order valence-electron chi connectivity index (χ2n) is 6.55. The highest BCUT2D eigenvalue weighted by atomic mass is 15.2. The molecule has 0 bridgehead atoms. The molecule has 0 spiro atoms. The Morgan fingerprint density at radius 3 is 3.05 bits per heavy atom. The van der Waals surface area contributed by atoms with Gasteiger partial charge in [-0.25, -0.2) is 0 Å². The molecular weight excluding hydrogens is 270 g/mol. The lowest BCUT2D eigenvalue weighted by molar-refractivity contribution is 0.280. The largest absolute Gasteiger partial charge is 0.367 e. The van der Waals surface area contributed by atoms with Gasteiger partial charge in [-0.3, -0.25) is 4.98 Å². The summed E-state index contributed by atoms with van der Waals surface area (Å²) in [7, 11) is 2.24. The number of hydrogen-bond donors (Lipinski definition) is 0. The maximum atomic E-state index is 4.24. The van der Waals surface area contributed by atoms with Crippen LogP contribution in [0.1, 0.15) is 12.0 Å². The maximum absolute atomic E-state index is 4.24. The molecule has 1 aromatic heterocycles. The van der Waals surface area contributed by atoms with Gasteiger partial charge in [0.2, 0.25) is 0 Å². The molecule has 0 radical (unpaired) electrons. The van der Waals surface area contributed by atoms with Crippen LogP contribution in [-0.2, 0) is 6.42 Å². The molecule has 0 N–H and O–H groups in total. The number of likely N-dealkylation sites (N-methyl/N-ethyl adjacent to an activating group) is 1. The van der Waals surface area contributed by atoms with Crippen molar-refractivity contribution in [1.29, 1.82) is 0 Å². The van der Waals surface area contributed by atoms with E-state index in [2.05, 4.69) is 52.2 Å². The summed E-state index contributed by atoms with van der Waals surface area (Å²) in [6, 6.07) is 4.74. The molecule has 22 heavy (non-hydrogen) atoms. The third-order valence-corrected chi connectivity index (χ3v) is 5.12. The van der Waals surface area contributed by atoms with Gasteiger partial charge in [-0.2, -0.15) is 0 Å². The van der Waals surface area contributed by atoms with E-state index in [4.69, 9.17) is 0 Å². The van der Waals surface area contributed by atoms with E-state index >= 15 is 0 Å². The highest BCUT2D eigenvalue weighted by Crippen LogP contribution is 2.41. The highest BCUT2D eigenvalue weighted by Gasteiger charge is 2.39. The third kappa shape index (κ3) is 2.40. The highest BCUT2D eigenvalue weighted by molar-refractivity contribution is 5.38. The number of aromatic nitrogens is 1. The minimum Gasteiger partial charge on any atom is -0.367 e. The monoisotopic (exact) mass is 293 g/mol. The maximum Gasteiger partial charge on any atom is 0.0574 e. The molecule has 3 heteroatoms. The smallest absolute Gasteiger partial charge is 0.0574 e. The Morgan fingerprint density at radius 2 is 2.18 bits per heavy atom. The van der Waals surface area contributed by atoms with Gasteiger partial charge in [0.1, 0.15) is 0 Å². The first-order chi connectivity index (χ1) is 10.8. The molecule has 114 valence electrons. The Kier molecular flexibility index (Phi) is 3.59. The first-order valence-electron chi connectivity index (χ1n) is 8.24. The van der Waals surface area contributed by atoms with E-state index in [1.165, 1.54) is 18.5 Å². The van der Waals surface area contributed by atoms with Crippen molar-refractivity contribution in [3.63, 3.8) is 0 Å². The number of hydrogen-bond acceptors (Lipinski definition) is 3. The second kappa shape index (κ2) is 5.73. The van der Waals surface area contributed by atoms with Crippen molar-refractivity contribution in [1.82, 2.24) is 14.8 Å². The summed E-state index contributed by atoms with van der Waals surface area (Å²) in [6.45, 7) is 3.39. The van der Waals surface area contributed by atoms with Crippen molar-refractivity contribution >= 4 is 0 Å². The summed E-state index contributed by atoms with van der Waals surface area (Å²) in [5.74, 6) is 0.580. The van der Waals surface area contributed by atoms with E-state index in [0.29, 0.717) is 12.0 Å². The fraction of sp³-hybridized carbons (Fsp3) is 0.421. The van der Waals surface area contributed by atoms with Crippen molar-refractivity contribution in [3.8, 4) is 0 Å². The summed E-state index contributed by atoms with van der Waals surface area (Å²) in [6.07, 6.45) is 15.3. The van der Waals surface area contributed by atoms with Gasteiger partial charge in [0.15, 0.2) is 0 Å². The molecule has 2 aliphatic heterocycles. The van der Waals surface area contributed by atoms with Crippen molar-refractivity contribution in [3.05, 3.63) is 65.7 Å². The summed E-state index contributed by atoms with van der Waals surface area (Å²) in [5, 5.41) is 0. The summed E-state index contributed by atoms with van der Waals surface area (Å²) < 4.78 is 0. The van der Waals surface area contributed by atoms with E-state index < -0.39 is 0 Å². The first kappa shape index (κ1) is 13.8. The lowest BCUT2D eigenvalue weighted by Gasteiger charge is -2.31. The molecule has 4 rings (SSSR count). The predicted octanol–water partition coefficient (Wildman–Crippen LogP) is 2.64. The molecule has 0 saturated heterocycles. The molecule has 3 aliphatic rings. The zero-order valence-electron chi connectivity index (χ0n) is 13.2. The molecule has 2 unspecified atom stereocenters. The van der Waals surface area contributed by atoms with Gasteiger partial charge in [-0.1, -0.05) is 30.4 Å². The van der Waals surface area contributed by atoms with Crippen LogP contribution >= 0.6 is 0 Å². The minimum absolute atomic E-state index is 0.526. The van der Waals surface area contributed by atoms with Gasteiger partial charge < -0.3 is 9.80 Å². The number of fused-ring (bicyclic) bond motifs is 2. The molecule has 0 fully saturated rings. The Morgan fingerprint density at radius 1 is 1.27 bits per heavy atom. The fourth-order valence-corrected chi connectivity index (χ4v) is 4.02. The Balaban J connectivity index is 1.57. The van der Waals surface area contributed by atoms with Crippen LogP contribution in [0.3, 0.4) is 0 Å². The van der Waals surface area contributed by atoms with E-state index in [1.807, 2.05) is 18.5 Å². The number of nitrogens with zero attached hydrogens (tertiary/aromatic N) is 3. The van der Waals surface area contributed by atoms with Crippen LogP contribution in [0.4, 0.5) is 0 Å². The summed E-state index contributed by atoms with van der Waals surface area (Å²) in [4.78, 5) is 9.34. The lowest BCUT2D eigenvalue weighted by Crippen LogP contribution is -2.35. The Hall–Kier alpha value is -1.87. The zero-order chi connectivity index (χ0) is 14.9. The van der Waals surface area contributed by atoms with Gasteiger partial charge in [0.25, 0.3) is 0 Å². The quantitative estimate of drug-likeness (QED) is 0.854. The third-order valence-electron chi connectivity index (χ3n) is 5.12. The molecule has 1 aromatic rings. The molecule has 0 amide bonds. The number of allylic oxidation sites excluding steroid dienone is 2. The Labute approximate surface area is 132 Å². The van der Waals surface area contributed by atoms with E-state index in [1.54, 1.807) is 11.3 Å². The topological polar surface area (TPSA) is 19.4 Å². The van der Waals surface area contributed by atoms with Crippen molar-refractivity contribution in [2.75, 3.05) is 26.7 Å². The SMILES string of the molecule is CN1CCC2=C(C1)C1C=CC=CC1N2CCc1cccnc1. The van der Waals surface area contributed by atoms with Gasteiger partial charge in [0, 0.05) is 50.1 Å². The minimum atomic E-state index is 0.526. The van der Waals surface area contributed by atoms with E-state index in [9.17, 15) is 0 Å². The van der Waals surface area contributed by atoms with E-state index in [-0.39, 0.29) is 0 Å². The molecule has 1 aliphatic carbocycles. The Bertz CT molecular complexity index is 629. The average Bonchev–Trinajstić information content (AvgIpc) is 2.87. The molecule has 3 nitrogen and oxygen atoms in total. The van der Waals surface area contributed by atoms with Crippen LogP contribution < -0.4 is 0 Å². The van der Waals surface area contributed by atoms with Crippen LogP contribution in [0.25, 0.3) is 0 Å². The van der Waals surface area contributed by atoms with Crippen LogP contribution in [0.15, 0.2) is 60.1 Å². The van der Waals surface area contributed by atoms with Crippen molar-refractivity contribution < 1.29 is 0 Å². The van der Waals surface area contributed by atoms with Gasteiger partial charge in [-0.05, 0) is 30.7 Å². The summed E-state index contributed by atoms with van der Waals surface area (Å²) >= 11 is 0. The molecule has 3 heterocycles. The average molecular weight is 293 g/mol. The summed E-state index contributed by atoms with van der Waals surface area (Å²) in [5.41, 5.74) is 4.58. The van der Waals surface area contributed by atoms with Crippen molar-refractivity contribution in [2.45, 2.75) is 18.9 Å². The van der Waals surface area contributed by atoms with Crippen LogP contribution in [-0.4, -0.2) is 47.5 Å². The second-order valence-corrected chi connectivity index (χ2v) is 6.55. The van der Waals surface area contributed by atoms with Gasteiger partial charge in [-0.15, -0.1) is 0 Å². The normalized spacial score (nSPS) is 27.2. The number of pyridine rings is 1. The predicted molar refractivity (Wildman–Crippen MR) is 89.3 cm³/mol. The fourth-order valence-electron chi connectivity index (χ4n) is 4.02. The number of rotatable bonds is 3. The van der Waals surface area contributed by atoms with Crippen LogP contribution in [0.2, 0.25) is 0 Å². The standard InChI is InChI=1S/C19H23N3/c1-21-11-9-19-17(14-21)16-6-2-3-7-18(16)22(19)12-8-15-5-4-10-20-13-15/h2-7,10,13,16,18H,8-9,11-12,14H2,1H3. The van der Waals surface area contributed by atoms with Gasteiger partial charge in [0.05, 0.1) is 6.04 Å². The van der Waals surface area contributed by atoms with Crippen LogP contribution in [0.5, 0.6) is 0 Å². The van der Waals surface area contributed by atoms with Gasteiger partial charge >= 0.3 is 0 Å². The molecular formula is C19H23N3. The van der Waals surface area contributed by atoms with E-state index in [0.717, 1.165) is 19.5 Å². The van der Waals surface area contributed by atoms with Crippen molar-refractivity contribution in [2.24, 2.45) is 5.92 Å². The molecule has 0 aromatic carbocycles.